The smallest absolute Gasteiger partial charge is 0.319 e. The highest BCUT2D eigenvalue weighted by molar-refractivity contribution is 5.98. The monoisotopic (exact) mass is 461 g/mol. The number of nitrogens with two attached hydrogens (primary N) is 1. The maximum absolute atomic E-state index is 13.3. The van der Waals surface area contributed by atoms with Crippen LogP contribution >= 0.6 is 0 Å². The summed E-state index contributed by atoms with van der Waals surface area (Å²) in [6.45, 7) is 6.57. The van der Waals surface area contributed by atoms with Gasteiger partial charge in [-0.3, -0.25) is 14.5 Å². The van der Waals surface area contributed by atoms with Crippen LogP contribution in [0.3, 0.4) is 0 Å². The van der Waals surface area contributed by atoms with Crippen molar-refractivity contribution in [1.82, 2.24) is 10.2 Å². The Labute approximate surface area is 200 Å². The molecule has 1 aliphatic rings. The number of hydrogen-bond acceptors (Lipinski definition) is 4. The third kappa shape index (κ3) is 5.73. The Balaban J connectivity index is 1.73. The lowest BCUT2D eigenvalue weighted by Gasteiger charge is -2.33. The van der Waals surface area contributed by atoms with E-state index < -0.39 is 6.03 Å². The van der Waals surface area contributed by atoms with Crippen LogP contribution in [0, 0.1) is 18.3 Å². The second kappa shape index (κ2) is 10.8. The maximum atomic E-state index is 13.3. The van der Waals surface area contributed by atoms with Crippen molar-refractivity contribution in [3.05, 3.63) is 64.7 Å². The molecule has 178 valence electrons. The quantitative estimate of drug-likeness (QED) is 0.686. The highest BCUT2D eigenvalue weighted by atomic mass is 16.2. The topological polar surface area (TPSA) is 120 Å². The van der Waals surface area contributed by atoms with Crippen LogP contribution in [0.1, 0.15) is 59.7 Å². The first-order valence-electron chi connectivity index (χ1n) is 11.4. The average Bonchev–Trinajstić information content (AvgIpc) is 2.83. The van der Waals surface area contributed by atoms with Crippen LogP contribution in [0.5, 0.6) is 0 Å². The van der Waals surface area contributed by atoms with Gasteiger partial charge in [-0.1, -0.05) is 18.2 Å². The van der Waals surface area contributed by atoms with Crippen molar-refractivity contribution in [3.63, 3.8) is 0 Å². The zero-order valence-electron chi connectivity index (χ0n) is 19.9. The summed E-state index contributed by atoms with van der Waals surface area (Å²) in [5.74, 6) is 0.0742. The number of anilines is 1. The summed E-state index contributed by atoms with van der Waals surface area (Å²) in [4.78, 5) is 40.1. The number of primary amides is 1. The first-order chi connectivity index (χ1) is 16.2. The van der Waals surface area contributed by atoms with Gasteiger partial charge in [0, 0.05) is 37.8 Å². The fourth-order valence-electron chi connectivity index (χ4n) is 4.39. The zero-order chi connectivity index (χ0) is 24.8. The molecule has 4 amide bonds. The highest BCUT2D eigenvalue weighted by Crippen LogP contribution is 2.30. The molecule has 2 aromatic carbocycles. The van der Waals surface area contributed by atoms with Crippen molar-refractivity contribution in [3.8, 4) is 6.07 Å². The van der Waals surface area contributed by atoms with E-state index in [4.69, 9.17) is 11.0 Å². The highest BCUT2D eigenvalue weighted by Gasteiger charge is 2.27. The average molecular weight is 462 g/mol. The number of aryl methyl sites for hydroxylation is 1. The summed E-state index contributed by atoms with van der Waals surface area (Å²) in [5.41, 5.74) is 9.36. The van der Waals surface area contributed by atoms with Gasteiger partial charge in [0.2, 0.25) is 5.91 Å². The van der Waals surface area contributed by atoms with E-state index in [0.29, 0.717) is 35.8 Å². The van der Waals surface area contributed by atoms with Crippen molar-refractivity contribution in [2.75, 3.05) is 24.5 Å². The minimum absolute atomic E-state index is 0.0848. The van der Waals surface area contributed by atoms with Crippen LogP contribution in [0.4, 0.5) is 10.5 Å². The molecule has 1 unspecified atom stereocenters. The maximum Gasteiger partial charge on any atom is 0.319 e. The molecule has 0 saturated carbocycles. The van der Waals surface area contributed by atoms with E-state index in [1.807, 2.05) is 42.2 Å². The standard InChI is InChI=1S/C26H31N5O3/c1-17-4-7-23(14-24(17)31(26(28)34)18(2)16-29-19(3)32)25(33)30-12-10-22(11-13-30)21-8-5-20(15-27)6-9-21/h4-9,14,18,22H,10-13,16H2,1-3H3,(H2,28,34)(H,29,32). The molecule has 0 aliphatic carbocycles. The molecule has 3 N–H and O–H groups in total. The molecular formula is C26H31N5O3. The van der Waals surface area contributed by atoms with Crippen molar-refractivity contribution in [1.29, 1.82) is 5.26 Å². The summed E-state index contributed by atoms with van der Waals surface area (Å²) in [6, 6.07) is 14.0. The summed E-state index contributed by atoms with van der Waals surface area (Å²) in [7, 11) is 0. The second-order valence-corrected chi connectivity index (χ2v) is 8.80. The van der Waals surface area contributed by atoms with Gasteiger partial charge in [0.1, 0.15) is 0 Å². The van der Waals surface area contributed by atoms with Gasteiger partial charge in [0.15, 0.2) is 0 Å². The Bertz CT molecular complexity index is 1100. The zero-order valence-corrected chi connectivity index (χ0v) is 19.9. The molecule has 1 atom stereocenters. The summed E-state index contributed by atoms with van der Waals surface area (Å²) in [5, 5.41) is 11.7. The van der Waals surface area contributed by atoms with Gasteiger partial charge in [0.05, 0.1) is 17.7 Å². The lowest BCUT2D eigenvalue weighted by atomic mass is 9.89. The van der Waals surface area contributed by atoms with Gasteiger partial charge in [-0.2, -0.15) is 5.26 Å². The van der Waals surface area contributed by atoms with Crippen LogP contribution in [0.2, 0.25) is 0 Å². The number of carbonyl (C=O) groups excluding carboxylic acids is 3. The fourth-order valence-corrected chi connectivity index (χ4v) is 4.39. The number of piperidine rings is 1. The molecule has 0 radical (unpaired) electrons. The lowest BCUT2D eigenvalue weighted by Crippen LogP contribution is -2.48. The van der Waals surface area contributed by atoms with E-state index in [2.05, 4.69) is 11.4 Å². The van der Waals surface area contributed by atoms with E-state index in [-0.39, 0.29) is 24.4 Å². The molecular weight excluding hydrogens is 430 g/mol. The van der Waals surface area contributed by atoms with Crippen LogP contribution in [-0.4, -0.2) is 48.4 Å². The first-order valence-corrected chi connectivity index (χ1v) is 11.4. The Morgan fingerprint density at radius 3 is 2.38 bits per heavy atom. The van der Waals surface area contributed by atoms with Gasteiger partial charge in [-0.15, -0.1) is 0 Å². The number of hydrogen-bond donors (Lipinski definition) is 2. The molecule has 8 heteroatoms. The Hall–Kier alpha value is -3.86. The number of nitriles is 1. The van der Waals surface area contributed by atoms with Gasteiger partial charge < -0.3 is 16.0 Å². The molecule has 1 saturated heterocycles. The molecule has 1 fully saturated rings. The Morgan fingerprint density at radius 2 is 1.82 bits per heavy atom. The SMILES string of the molecule is CC(=O)NCC(C)N(C(N)=O)c1cc(C(=O)N2CCC(c3ccc(C#N)cc3)CC2)ccc1C. The van der Waals surface area contributed by atoms with Crippen LogP contribution in [0.25, 0.3) is 0 Å². The second-order valence-electron chi connectivity index (χ2n) is 8.80. The number of amides is 4. The van der Waals surface area contributed by atoms with Gasteiger partial charge in [0.25, 0.3) is 5.91 Å². The predicted octanol–water partition coefficient (Wildman–Crippen LogP) is 3.30. The van der Waals surface area contributed by atoms with E-state index in [1.165, 1.54) is 17.4 Å². The van der Waals surface area contributed by atoms with Crippen LogP contribution in [0.15, 0.2) is 42.5 Å². The van der Waals surface area contributed by atoms with Crippen molar-refractivity contribution >= 4 is 23.5 Å². The molecule has 1 heterocycles. The van der Waals surface area contributed by atoms with Gasteiger partial charge in [-0.25, -0.2) is 4.79 Å². The minimum atomic E-state index is -0.645. The van der Waals surface area contributed by atoms with E-state index in [9.17, 15) is 14.4 Å². The molecule has 1 aliphatic heterocycles. The van der Waals surface area contributed by atoms with Crippen molar-refractivity contribution < 1.29 is 14.4 Å². The number of benzene rings is 2. The van der Waals surface area contributed by atoms with Crippen LogP contribution in [-0.2, 0) is 4.79 Å². The molecule has 2 aromatic rings. The number of nitrogens with one attached hydrogen (secondary N) is 1. The minimum Gasteiger partial charge on any atom is -0.354 e. The summed E-state index contributed by atoms with van der Waals surface area (Å²) < 4.78 is 0. The normalized spacial score (nSPS) is 14.7. The Kier molecular flexibility index (Phi) is 7.90. The van der Waals surface area contributed by atoms with Gasteiger partial charge in [-0.05, 0) is 68.0 Å². The molecule has 8 nitrogen and oxygen atoms in total. The Morgan fingerprint density at radius 1 is 1.18 bits per heavy atom. The predicted molar refractivity (Wildman–Crippen MR) is 130 cm³/mol. The van der Waals surface area contributed by atoms with E-state index >= 15 is 0 Å². The van der Waals surface area contributed by atoms with Crippen molar-refractivity contribution in [2.45, 2.75) is 45.6 Å². The summed E-state index contributed by atoms with van der Waals surface area (Å²) in [6.07, 6.45) is 1.69. The lowest BCUT2D eigenvalue weighted by molar-refractivity contribution is -0.119. The van der Waals surface area contributed by atoms with Crippen LogP contribution < -0.4 is 16.0 Å². The van der Waals surface area contributed by atoms with E-state index in [0.717, 1.165) is 18.4 Å². The number of carbonyl (C=O) groups is 3. The molecule has 3 rings (SSSR count). The molecule has 0 aromatic heterocycles. The van der Waals surface area contributed by atoms with Gasteiger partial charge >= 0.3 is 6.03 Å². The molecule has 0 bridgehead atoms. The number of nitrogens with zero attached hydrogens (tertiary/aromatic N) is 3. The third-order valence-corrected chi connectivity index (χ3v) is 6.33. The fraction of sp³-hybridized carbons (Fsp3) is 0.385. The third-order valence-electron chi connectivity index (χ3n) is 6.33. The number of urea groups is 1. The first kappa shape index (κ1) is 24.8. The number of rotatable bonds is 6. The largest absolute Gasteiger partial charge is 0.354 e. The molecule has 0 spiro atoms. The summed E-state index contributed by atoms with van der Waals surface area (Å²) >= 11 is 0. The van der Waals surface area contributed by atoms with Crippen molar-refractivity contribution in [2.24, 2.45) is 5.73 Å². The molecule has 34 heavy (non-hydrogen) atoms. The number of likely N-dealkylation sites (tertiary alicyclic amines) is 1. The van der Waals surface area contributed by atoms with E-state index in [1.54, 1.807) is 19.1 Å².